The Morgan fingerprint density at radius 2 is 2.36 bits per heavy atom. The second-order valence-corrected chi connectivity index (χ2v) is 3.67. The van der Waals surface area contributed by atoms with Crippen molar-refractivity contribution in [2.45, 2.75) is 31.9 Å². The molecule has 0 radical (unpaired) electrons. The Balaban J connectivity index is 1.97. The minimum absolute atomic E-state index is 0.410. The van der Waals surface area contributed by atoms with Gasteiger partial charge in [0.2, 0.25) is 5.88 Å². The largest absolute Gasteiger partial charge is 0.474 e. The van der Waals surface area contributed by atoms with Crippen molar-refractivity contribution in [3.8, 4) is 5.88 Å². The monoisotopic (exact) mass is 192 g/mol. The summed E-state index contributed by atoms with van der Waals surface area (Å²) < 4.78 is 5.70. The van der Waals surface area contributed by atoms with Gasteiger partial charge in [0.25, 0.3) is 0 Å². The van der Waals surface area contributed by atoms with E-state index < -0.39 is 0 Å². The van der Waals surface area contributed by atoms with Gasteiger partial charge in [-0.15, -0.1) is 0 Å². The van der Waals surface area contributed by atoms with Crippen LogP contribution in [-0.4, -0.2) is 18.1 Å². The van der Waals surface area contributed by atoms with Crippen molar-refractivity contribution in [1.82, 2.24) is 10.3 Å². The summed E-state index contributed by atoms with van der Waals surface area (Å²) in [6, 6.07) is 5.93. The van der Waals surface area contributed by atoms with Gasteiger partial charge in [-0.3, -0.25) is 0 Å². The van der Waals surface area contributed by atoms with Crippen LogP contribution in [0.2, 0.25) is 0 Å². The number of nitrogens with zero attached hydrogens (tertiary/aromatic N) is 1. The number of pyridine rings is 1. The molecule has 1 N–H and O–H groups in total. The Kier molecular flexibility index (Phi) is 2.99. The van der Waals surface area contributed by atoms with E-state index in [1.54, 1.807) is 0 Å². The van der Waals surface area contributed by atoms with Crippen LogP contribution in [0.3, 0.4) is 0 Å². The summed E-state index contributed by atoms with van der Waals surface area (Å²) >= 11 is 0. The molecule has 1 fully saturated rings. The number of nitrogens with one attached hydrogen (secondary N) is 1. The number of ether oxygens (including phenoxy) is 1. The molecule has 0 bridgehead atoms. The zero-order valence-electron chi connectivity index (χ0n) is 8.49. The number of hydrogen-bond donors (Lipinski definition) is 1. The molecule has 0 atom stereocenters. The van der Waals surface area contributed by atoms with E-state index in [-0.39, 0.29) is 0 Å². The summed E-state index contributed by atoms with van der Waals surface area (Å²) in [4.78, 5) is 4.40. The van der Waals surface area contributed by atoms with Crippen LogP contribution in [-0.2, 0) is 6.54 Å². The summed E-state index contributed by atoms with van der Waals surface area (Å²) in [7, 11) is 1.92. The first kappa shape index (κ1) is 9.46. The van der Waals surface area contributed by atoms with Gasteiger partial charge in [-0.05, 0) is 32.4 Å². The van der Waals surface area contributed by atoms with Gasteiger partial charge < -0.3 is 10.1 Å². The highest BCUT2D eigenvalue weighted by Crippen LogP contribution is 2.23. The van der Waals surface area contributed by atoms with Crippen LogP contribution in [0.15, 0.2) is 18.2 Å². The molecule has 0 amide bonds. The molecule has 0 unspecified atom stereocenters. The van der Waals surface area contributed by atoms with E-state index in [1.807, 2.05) is 25.2 Å². The van der Waals surface area contributed by atoms with Crippen LogP contribution >= 0.6 is 0 Å². The second kappa shape index (κ2) is 4.42. The summed E-state index contributed by atoms with van der Waals surface area (Å²) in [6.45, 7) is 0.794. The van der Waals surface area contributed by atoms with Gasteiger partial charge in [-0.2, -0.15) is 0 Å². The highest BCUT2D eigenvalue weighted by molar-refractivity contribution is 5.16. The number of hydrogen-bond acceptors (Lipinski definition) is 3. The van der Waals surface area contributed by atoms with Gasteiger partial charge in [0.1, 0.15) is 6.10 Å². The Hall–Kier alpha value is -1.09. The SMILES string of the molecule is CNCc1cccc(OC2CCC2)n1. The van der Waals surface area contributed by atoms with Crippen LogP contribution in [0.4, 0.5) is 0 Å². The molecule has 14 heavy (non-hydrogen) atoms. The molecule has 0 aromatic carbocycles. The molecule has 1 heterocycles. The lowest BCUT2D eigenvalue weighted by molar-refractivity contribution is 0.114. The third kappa shape index (κ3) is 2.23. The third-order valence-electron chi connectivity index (χ3n) is 2.48. The lowest BCUT2D eigenvalue weighted by atomic mass is 9.96. The van der Waals surface area contributed by atoms with Crippen molar-refractivity contribution >= 4 is 0 Å². The maximum Gasteiger partial charge on any atom is 0.213 e. The molecule has 1 aromatic rings. The number of rotatable bonds is 4. The van der Waals surface area contributed by atoms with Gasteiger partial charge in [0.15, 0.2) is 0 Å². The molecule has 1 saturated carbocycles. The molecular weight excluding hydrogens is 176 g/mol. The minimum Gasteiger partial charge on any atom is -0.474 e. The first-order chi connectivity index (χ1) is 6.88. The van der Waals surface area contributed by atoms with Crippen LogP contribution < -0.4 is 10.1 Å². The quantitative estimate of drug-likeness (QED) is 0.789. The topological polar surface area (TPSA) is 34.1 Å². The minimum atomic E-state index is 0.410. The average Bonchev–Trinajstić information content (AvgIpc) is 2.13. The fraction of sp³-hybridized carbons (Fsp3) is 0.545. The molecule has 1 aliphatic carbocycles. The highest BCUT2D eigenvalue weighted by Gasteiger charge is 2.19. The van der Waals surface area contributed by atoms with E-state index in [0.717, 1.165) is 18.1 Å². The average molecular weight is 192 g/mol. The smallest absolute Gasteiger partial charge is 0.213 e. The molecule has 0 saturated heterocycles. The molecule has 1 aromatic heterocycles. The van der Waals surface area contributed by atoms with Gasteiger partial charge >= 0.3 is 0 Å². The molecule has 0 aliphatic heterocycles. The van der Waals surface area contributed by atoms with E-state index in [0.29, 0.717) is 6.10 Å². The van der Waals surface area contributed by atoms with Crippen molar-refractivity contribution in [1.29, 1.82) is 0 Å². The Morgan fingerprint density at radius 3 is 3.00 bits per heavy atom. The van der Waals surface area contributed by atoms with Gasteiger partial charge in [0.05, 0.1) is 5.69 Å². The van der Waals surface area contributed by atoms with Crippen molar-refractivity contribution in [3.05, 3.63) is 23.9 Å². The van der Waals surface area contributed by atoms with Gasteiger partial charge in [-0.25, -0.2) is 4.98 Å². The fourth-order valence-electron chi connectivity index (χ4n) is 1.46. The Bertz CT molecular complexity index is 297. The standard InChI is InChI=1S/C11H16N2O/c1-12-8-9-4-2-7-11(13-9)14-10-5-3-6-10/h2,4,7,10,12H,3,5-6,8H2,1H3. The summed E-state index contributed by atoms with van der Waals surface area (Å²) in [5.74, 6) is 0.766. The number of aromatic nitrogens is 1. The second-order valence-electron chi connectivity index (χ2n) is 3.67. The maximum absolute atomic E-state index is 5.70. The molecule has 1 aliphatic rings. The Labute approximate surface area is 84.5 Å². The maximum atomic E-state index is 5.70. The normalized spacial score (nSPS) is 16.4. The lowest BCUT2D eigenvalue weighted by Gasteiger charge is -2.25. The zero-order valence-corrected chi connectivity index (χ0v) is 8.49. The Morgan fingerprint density at radius 1 is 1.50 bits per heavy atom. The van der Waals surface area contributed by atoms with E-state index >= 15 is 0 Å². The van der Waals surface area contributed by atoms with Crippen LogP contribution in [0.1, 0.15) is 25.0 Å². The van der Waals surface area contributed by atoms with Crippen molar-refractivity contribution in [2.24, 2.45) is 0 Å². The van der Waals surface area contributed by atoms with Gasteiger partial charge in [0, 0.05) is 12.6 Å². The van der Waals surface area contributed by atoms with Gasteiger partial charge in [-0.1, -0.05) is 6.07 Å². The highest BCUT2D eigenvalue weighted by atomic mass is 16.5. The lowest BCUT2D eigenvalue weighted by Crippen LogP contribution is -2.25. The first-order valence-corrected chi connectivity index (χ1v) is 5.15. The van der Waals surface area contributed by atoms with Crippen molar-refractivity contribution in [3.63, 3.8) is 0 Å². The van der Waals surface area contributed by atoms with Crippen LogP contribution in [0, 0.1) is 0 Å². The molecule has 3 nitrogen and oxygen atoms in total. The van der Waals surface area contributed by atoms with Crippen molar-refractivity contribution < 1.29 is 4.74 Å². The molecule has 0 spiro atoms. The predicted molar refractivity (Wildman–Crippen MR) is 55.3 cm³/mol. The third-order valence-corrected chi connectivity index (χ3v) is 2.48. The summed E-state index contributed by atoms with van der Waals surface area (Å²) in [5, 5.41) is 3.07. The molecular formula is C11H16N2O. The van der Waals surface area contributed by atoms with Crippen molar-refractivity contribution in [2.75, 3.05) is 7.05 Å². The van der Waals surface area contributed by atoms with Crippen LogP contribution in [0.5, 0.6) is 5.88 Å². The molecule has 3 heteroatoms. The van der Waals surface area contributed by atoms with E-state index in [2.05, 4.69) is 10.3 Å². The van der Waals surface area contributed by atoms with E-state index in [1.165, 1.54) is 19.3 Å². The zero-order chi connectivity index (χ0) is 9.80. The van der Waals surface area contributed by atoms with Crippen LogP contribution in [0.25, 0.3) is 0 Å². The molecule has 2 rings (SSSR count). The fourth-order valence-corrected chi connectivity index (χ4v) is 1.46. The predicted octanol–water partition coefficient (Wildman–Crippen LogP) is 1.73. The summed E-state index contributed by atoms with van der Waals surface area (Å²) in [6.07, 6.45) is 4.06. The first-order valence-electron chi connectivity index (χ1n) is 5.15. The molecule has 76 valence electrons. The van der Waals surface area contributed by atoms with E-state index in [9.17, 15) is 0 Å². The summed E-state index contributed by atoms with van der Waals surface area (Å²) in [5.41, 5.74) is 1.03. The van der Waals surface area contributed by atoms with E-state index in [4.69, 9.17) is 4.74 Å².